The number of hydrogen-bond acceptors (Lipinski definition) is 2. The Morgan fingerprint density at radius 3 is 2.43 bits per heavy atom. The minimum absolute atomic E-state index is 0.112. The number of ether oxygens (including phenoxy) is 1. The molecule has 2 aromatic carbocycles. The molecule has 0 saturated heterocycles. The molecule has 0 radical (unpaired) electrons. The van der Waals surface area contributed by atoms with Gasteiger partial charge in [-0.15, -0.1) is 0 Å². The molecule has 0 aliphatic rings. The lowest BCUT2D eigenvalue weighted by molar-refractivity contribution is 0.225. The summed E-state index contributed by atoms with van der Waals surface area (Å²) in [5.41, 5.74) is 1.96. The Labute approximate surface area is 126 Å². The van der Waals surface area contributed by atoms with E-state index in [9.17, 15) is 4.39 Å². The van der Waals surface area contributed by atoms with E-state index < -0.39 is 0 Å². The number of benzene rings is 2. The predicted molar refractivity (Wildman–Crippen MR) is 83.9 cm³/mol. The second-order valence-electron chi connectivity index (χ2n) is 5.50. The highest BCUT2D eigenvalue weighted by Gasteiger charge is 2.09. The van der Waals surface area contributed by atoms with Gasteiger partial charge >= 0.3 is 0 Å². The first-order valence-corrected chi connectivity index (χ1v) is 7.29. The summed E-state index contributed by atoms with van der Waals surface area (Å²) in [6.07, 6.45) is -0.112. The third-order valence-corrected chi connectivity index (χ3v) is 3.23. The zero-order valence-electron chi connectivity index (χ0n) is 12.8. The molecule has 112 valence electrons. The van der Waals surface area contributed by atoms with Crippen LogP contribution in [0.2, 0.25) is 0 Å². The quantitative estimate of drug-likeness (QED) is 0.846. The molecular weight excluding hydrogens is 265 g/mol. The molecule has 0 aliphatic carbocycles. The second-order valence-corrected chi connectivity index (χ2v) is 5.50. The van der Waals surface area contributed by atoms with E-state index in [-0.39, 0.29) is 11.9 Å². The zero-order chi connectivity index (χ0) is 15.2. The normalized spacial score (nSPS) is 12.4. The largest absolute Gasteiger partial charge is 0.486 e. The van der Waals surface area contributed by atoms with Crippen LogP contribution in [0.4, 0.5) is 4.39 Å². The fourth-order valence-corrected chi connectivity index (χ4v) is 2.11. The van der Waals surface area contributed by atoms with Gasteiger partial charge in [-0.05, 0) is 30.2 Å². The van der Waals surface area contributed by atoms with Crippen molar-refractivity contribution in [2.24, 2.45) is 0 Å². The van der Waals surface area contributed by atoms with Crippen molar-refractivity contribution in [2.45, 2.75) is 39.5 Å². The Morgan fingerprint density at radius 1 is 1.05 bits per heavy atom. The summed E-state index contributed by atoms with van der Waals surface area (Å²) < 4.78 is 19.6. The molecule has 0 aliphatic heterocycles. The summed E-state index contributed by atoms with van der Waals surface area (Å²) in [4.78, 5) is 0. The Hall–Kier alpha value is -1.87. The van der Waals surface area contributed by atoms with E-state index in [0.717, 1.165) is 11.1 Å². The fourth-order valence-electron chi connectivity index (χ4n) is 2.11. The summed E-state index contributed by atoms with van der Waals surface area (Å²) in [6, 6.07) is 15.1. The van der Waals surface area contributed by atoms with Gasteiger partial charge < -0.3 is 10.1 Å². The van der Waals surface area contributed by atoms with Crippen molar-refractivity contribution in [3.8, 4) is 5.75 Å². The van der Waals surface area contributed by atoms with Crippen molar-refractivity contribution in [3.63, 3.8) is 0 Å². The molecule has 3 heteroatoms. The molecule has 2 nitrogen and oxygen atoms in total. The molecule has 0 saturated carbocycles. The Kier molecular flexibility index (Phi) is 5.34. The highest BCUT2D eigenvalue weighted by Crippen LogP contribution is 2.23. The summed E-state index contributed by atoms with van der Waals surface area (Å²) in [5, 5.41) is 3.28. The third kappa shape index (κ3) is 4.87. The Balaban J connectivity index is 2.09. The molecule has 2 aromatic rings. The van der Waals surface area contributed by atoms with Gasteiger partial charge in [-0.1, -0.05) is 44.2 Å². The van der Waals surface area contributed by atoms with Gasteiger partial charge in [0, 0.05) is 18.7 Å². The van der Waals surface area contributed by atoms with Crippen LogP contribution in [0.3, 0.4) is 0 Å². The van der Waals surface area contributed by atoms with Gasteiger partial charge in [-0.2, -0.15) is 0 Å². The molecule has 0 spiro atoms. The average molecular weight is 287 g/mol. The fraction of sp³-hybridized carbons (Fsp3) is 0.333. The number of hydrogen-bond donors (Lipinski definition) is 1. The van der Waals surface area contributed by atoms with Crippen LogP contribution >= 0.6 is 0 Å². The van der Waals surface area contributed by atoms with Crippen molar-refractivity contribution < 1.29 is 9.13 Å². The van der Waals surface area contributed by atoms with Crippen molar-refractivity contribution >= 4 is 0 Å². The molecule has 0 bridgehead atoms. The lowest BCUT2D eigenvalue weighted by Gasteiger charge is -2.16. The van der Waals surface area contributed by atoms with Crippen molar-refractivity contribution in [1.82, 2.24) is 5.32 Å². The van der Waals surface area contributed by atoms with Crippen molar-refractivity contribution in [2.75, 3.05) is 0 Å². The smallest absolute Gasteiger partial charge is 0.127 e. The minimum Gasteiger partial charge on any atom is -0.486 e. The standard InChI is InChI=1S/C18H22FNO/c1-13(2)20-12-15-9-17(19)11-18(10-15)21-14(3)16-7-5-4-6-8-16/h4-11,13-14,20H,12H2,1-3H3. The second kappa shape index (κ2) is 7.23. The maximum absolute atomic E-state index is 13.7. The van der Waals surface area contributed by atoms with Crippen LogP contribution in [0.1, 0.15) is 38.0 Å². The van der Waals surface area contributed by atoms with E-state index in [0.29, 0.717) is 18.3 Å². The van der Waals surface area contributed by atoms with E-state index in [1.807, 2.05) is 43.3 Å². The summed E-state index contributed by atoms with van der Waals surface area (Å²) >= 11 is 0. The third-order valence-electron chi connectivity index (χ3n) is 3.23. The monoisotopic (exact) mass is 287 g/mol. The lowest BCUT2D eigenvalue weighted by Crippen LogP contribution is -2.21. The van der Waals surface area contributed by atoms with Gasteiger partial charge in [0.05, 0.1) is 0 Å². The van der Waals surface area contributed by atoms with Crippen LogP contribution in [0.15, 0.2) is 48.5 Å². The summed E-state index contributed by atoms with van der Waals surface area (Å²) in [5.74, 6) is 0.292. The SMILES string of the molecule is CC(C)NCc1cc(F)cc(OC(C)c2ccccc2)c1. The predicted octanol–water partition coefficient (Wildman–Crippen LogP) is 4.46. The molecule has 1 atom stereocenters. The highest BCUT2D eigenvalue weighted by atomic mass is 19.1. The summed E-state index contributed by atoms with van der Waals surface area (Å²) in [6.45, 7) is 6.72. The average Bonchev–Trinajstić information content (AvgIpc) is 2.45. The maximum Gasteiger partial charge on any atom is 0.127 e. The van der Waals surface area contributed by atoms with E-state index >= 15 is 0 Å². The van der Waals surface area contributed by atoms with Gasteiger partial charge in [0.2, 0.25) is 0 Å². The molecule has 0 aromatic heterocycles. The van der Waals surface area contributed by atoms with Gasteiger partial charge in [0.15, 0.2) is 0 Å². The van der Waals surface area contributed by atoms with Gasteiger partial charge in [0.25, 0.3) is 0 Å². The molecule has 21 heavy (non-hydrogen) atoms. The first-order valence-electron chi connectivity index (χ1n) is 7.29. The van der Waals surface area contributed by atoms with Crippen molar-refractivity contribution in [1.29, 1.82) is 0 Å². The Bertz CT molecular complexity index is 569. The maximum atomic E-state index is 13.7. The van der Waals surface area contributed by atoms with Gasteiger partial charge in [0.1, 0.15) is 17.7 Å². The highest BCUT2D eigenvalue weighted by molar-refractivity contribution is 5.30. The topological polar surface area (TPSA) is 21.3 Å². The molecule has 1 unspecified atom stereocenters. The Morgan fingerprint density at radius 2 is 1.76 bits per heavy atom. The van der Waals surface area contributed by atoms with Crippen LogP contribution < -0.4 is 10.1 Å². The molecule has 0 heterocycles. The van der Waals surface area contributed by atoms with E-state index in [4.69, 9.17) is 4.74 Å². The van der Waals surface area contributed by atoms with Gasteiger partial charge in [-0.3, -0.25) is 0 Å². The van der Waals surface area contributed by atoms with E-state index in [2.05, 4.69) is 19.2 Å². The zero-order valence-corrected chi connectivity index (χ0v) is 12.8. The number of nitrogens with one attached hydrogen (secondary N) is 1. The van der Waals surface area contributed by atoms with Crippen LogP contribution in [0, 0.1) is 5.82 Å². The van der Waals surface area contributed by atoms with Crippen LogP contribution in [0.5, 0.6) is 5.75 Å². The lowest BCUT2D eigenvalue weighted by atomic mass is 10.1. The number of halogens is 1. The van der Waals surface area contributed by atoms with E-state index in [1.165, 1.54) is 12.1 Å². The van der Waals surface area contributed by atoms with E-state index in [1.54, 1.807) is 0 Å². The van der Waals surface area contributed by atoms with Crippen LogP contribution in [-0.4, -0.2) is 6.04 Å². The molecule has 2 rings (SSSR count). The van der Waals surface area contributed by atoms with Crippen LogP contribution in [-0.2, 0) is 6.54 Å². The first kappa shape index (κ1) is 15.5. The molecular formula is C18H22FNO. The molecule has 0 fully saturated rings. The molecule has 0 amide bonds. The van der Waals surface area contributed by atoms with Crippen molar-refractivity contribution in [3.05, 3.63) is 65.5 Å². The molecule has 1 N–H and O–H groups in total. The minimum atomic E-state index is -0.270. The van der Waals surface area contributed by atoms with Crippen LogP contribution in [0.25, 0.3) is 0 Å². The first-order chi connectivity index (χ1) is 10.0. The van der Waals surface area contributed by atoms with Gasteiger partial charge in [-0.25, -0.2) is 4.39 Å². The summed E-state index contributed by atoms with van der Waals surface area (Å²) in [7, 11) is 0. The number of rotatable bonds is 6.